The second-order valence-electron chi connectivity index (χ2n) is 8.44. The molecule has 0 atom stereocenters. The smallest absolute Gasteiger partial charge is 0.435 e. The van der Waals surface area contributed by atoms with Crippen molar-refractivity contribution in [3.8, 4) is 11.3 Å². The van der Waals surface area contributed by atoms with Gasteiger partial charge < -0.3 is 32.1 Å². The van der Waals surface area contributed by atoms with Crippen molar-refractivity contribution >= 4 is 35.6 Å². The third kappa shape index (κ3) is 7.72. The molecule has 0 saturated carbocycles. The standard InChI is InChI=1S/C24H27F3N10O2.CH2O2/c1-2-14-11-15(3-4-16(14)22(38)30-7-8-32-23(39)31-6-5-28)35-20-21-33-13-18(37(21)10-9-29-20)17-12-34-36-19(17)24(25,26)27;2-1-3/h3-4,9-13H,2,5-8,28H2,1H3,(H,29,35)(H,30,38)(H,34,36)(H2,31,32,39);1H,(H,2,3). The number of hydrogen-bond acceptors (Lipinski definition) is 8. The quantitative estimate of drug-likeness (QED) is 0.107. The summed E-state index contributed by atoms with van der Waals surface area (Å²) in [4.78, 5) is 41.2. The van der Waals surface area contributed by atoms with Gasteiger partial charge in [0.25, 0.3) is 12.4 Å². The van der Waals surface area contributed by atoms with Gasteiger partial charge in [-0.05, 0) is 30.2 Å². The second kappa shape index (κ2) is 14.4. The van der Waals surface area contributed by atoms with E-state index in [0.29, 0.717) is 42.2 Å². The highest BCUT2D eigenvalue weighted by molar-refractivity contribution is 5.96. The Bertz CT molecular complexity index is 1520. The van der Waals surface area contributed by atoms with Crippen LogP contribution in [0.1, 0.15) is 28.5 Å². The predicted molar refractivity (Wildman–Crippen MR) is 146 cm³/mol. The fourth-order valence-electron chi connectivity index (χ4n) is 3.93. The van der Waals surface area contributed by atoms with Crippen LogP contribution in [0.2, 0.25) is 0 Å². The number of aromatic amines is 1. The minimum Gasteiger partial charge on any atom is -0.483 e. The summed E-state index contributed by atoms with van der Waals surface area (Å²) >= 11 is 0. The first kappa shape index (κ1) is 31.3. The number of halogens is 3. The van der Waals surface area contributed by atoms with E-state index in [1.807, 2.05) is 6.92 Å². The number of urea groups is 1. The summed E-state index contributed by atoms with van der Waals surface area (Å²) in [7, 11) is 0. The number of carbonyl (C=O) groups is 3. The van der Waals surface area contributed by atoms with E-state index in [9.17, 15) is 22.8 Å². The van der Waals surface area contributed by atoms with E-state index in [4.69, 9.17) is 15.6 Å². The van der Waals surface area contributed by atoms with E-state index >= 15 is 0 Å². The molecule has 42 heavy (non-hydrogen) atoms. The van der Waals surface area contributed by atoms with E-state index in [-0.39, 0.29) is 42.8 Å². The normalized spacial score (nSPS) is 10.9. The highest BCUT2D eigenvalue weighted by atomic mass is 19.4. The number of amides is 3. The van der Waals surface area contributed by atoms with Gasteiger partial charge in [-0.3, -0.25) is 19.1 Å². The first-order chi connectivity index (χ1) is 20.1. The number of anilines is 2. The van der Waals surface area contributed by atoms with Crippen molar-refractivity contribution in [1.82, 2.24) is 40.5 Å². The fourth-order valence-corrected chi connectivity index (χ4v) is 3.93. The van der Waals surface area contributed by atoms with Gasteiger partial charge in [-0.15, -0.1) is 0 Å². The molecule has 0 fully saturated rings. The maximum Gasteiger partial charge on any atom is 0.435 e. The predicted octanol–water partition coefficient (Wildman–Crippen LogP) is 2.13. The molecule has 0 aliphatic rings. The Morgan fingerprint density at radius 2 is 1.86 bits per heavy atom. The molecule has 14 nitrogen and oxygen atoms in total. The summed E-state index contributed by atoms with van der Waals surface area (Å²) in [5, 5.41) is 23.6. The zero-order valence-corrected chi connectivity index (χ0v) is 22.3. The topological polar surface area (TPSA) is 204 Å². The van der Waals surface area contributed by atoms with Crippen molar-refractivity contribution in [1.29, 1.82) is 0 Å². The molecule has 0 radical (unpaired) electrons. The average Bonchev–Trinajstić information content (AvgIpc) is 3.62. The van der Waals surface area contributed by atoms with Crippen molar-refractivity contribution < 1.29 is 32.7 Å². The number of rotatable bonds is 10. The Hall–Kier alpha value is -5.19. The van der Waals surface area contributed by atoms with Crippen LogP contribution in [0.5, 0.6) is 0 Å². The lowest BCUT2D eigenvalue weighted by Crippen LogP contribution is -2.41. The van der Waals surface area contributed by atoms with Crippen molar-refractivity contribution in [2.24, 2.45) is 5.73 Å². The monoisotopic (exact) mass is 590 g/mol. The minimum absolute atomic E-state index is 0.137. The number of H-pyrrole nitrogens is 1. The number of alkyl halides is 3. The van der Waals surface area contributed by atoms with Crippen LogP contribution in [0.25, 0.3) is 16.9 Å². The Labute approximate surface area is 236 Å². The van der Waals surface area contributed by atoms with Gasteiger partial charge in [0.2, 0.25) is 0 Å². The Morgan fingerprint density at radius 3 is 2.55 bits per heavy atom. The second-order valence-corrected chi connectivity index (χ2v) is 8.44. The van der Waals surface area contributed by atoms with Crippen molar-refractivity contribution in [3.63, 3.8) is 0 Å². The highest BCUT2D eigenvalue weighted by Crippen LogP contribution is 2.36. The van der Waals surface area contributed by atoms with Crippen LogP contribution in [0.15, 0.2) is 43.0 Å². The van der Waals surface area contributed by atoms with E-state index in [1.54, 1.807) is 18.2 Å². The molecule has 0 bridgehead atoms. The maximum atomic E-state index is 13.4. The number of imidazole rings is 1. The molecule has 8 N–H and O–H groups in total. The molecule has 0 aliphatic carbocycles. The summed E-state index contributed by atoms with van der Waals surface area (Å²) in [6.07, 6.45) is 1.38. The maximum absolute atomic E-state index is 13.4. The van der Waals surface area contributed by atoms with Crippen molar-refractivity contribution in [2.75, 3.05) is 31.5 Å². The number of nitrogens with one attached hydrogen (secondary N) is 5. The van der Waals surface area contributed by atoms with Gasteiger partial charge in [0, 0.05) is 56.0 Å². The molecule has 4 rings (SSSR count). The Morgan fingerprint density at radius 1 is 1.14 bits per heavy atom. The molecule has 0 spiro atoms. The molecular weight excluding hydrogens is 561 g/mol. The number of nitrogens with zero attached hydrogens (tertiary/aromatic N) is 4. The zero-order chi connectivity index (χ0) is 30.7. The fraction of sp³-hybridized carbons (Fsp3) is 0.280. The molecule has 17 heteroatoms. The average molecular weight is 591 g/mol. The molecule has 4 aromatic rings. The SMILES string of the molecule is CCc1cc(Nc2nccn3c(-c4c[nH]nc4C(F)(F)F)cnc23)ccc1C(=O)NCCNC(=O)NCCN.O=CO. The molecular formula is C25H29F3N10O4. The van der Waals surface area contributed by atoms with E-state index in [2.05, 4.69) is 41.4 Å². The van der Waals surface area contributed by atoms with Gasteiger partial charge in [0.15, 0.2) is 17.2 Å². The number of aromatic nitrogens is 5. The molecule has 1 aromatic carbocycles. The van der Waals surface area contributed by atoms with Crippen LogP contribution in [0.4, 0.5) is 29.5 Å². The number of carboxylic acid groups (broad SMARTS) is 1. The third-order valence-electron chi connectivity index (χ3n) is 5.73. The summed E-state index contributed by atoms with van der Waals surface area (Å²) in [6, 6.07) is 4.79. The Balaban J connectivity index is 0.00000155. The van der Waals surface area contributed by atoms with Crippen LogP contribution >= 0.6 is 0 Å². The molecule has 224 valence electrons. The number of benzene rings is 1. The minimum atomic E-state index is -4.63. The van der Waals surface area contributed by atoms with E-state index < -0.39 is 11.9 Å². The van der Waals surface area contributed by atoms with Gasteiger partial charge >= 0.3 is 12.2 Å². The summed E-state index contributed by atoms with van der Waals surface area (Å²) in [5.41, 5.74) is 6.51. The van der Waals surface area contributed by atoms with Gasteiger partial charge in [-0.25, -0.2) is 14.8 Å². The van der Waals surface area contributed by atoms with E-state index in [0.717, 1.165) is 5.56 Å². The number of fused-ring (bicyclic) bond motifs is 1. The van der Waals surface area contributed by atoms with Gasteiger partial charge in [-0.2, -0.15) is 18.3 Å². The van der Waals surface area contributed by atoms with Crippen LogP contribution in [0, 0.1) is 0 Å². The number of nitrogens with two attached hydrogens (primary N) is 1. The Kier molecular flexibility index (Phi) is 10.8. The summed E-state index contributed by atoms with van der Waals surface area (Å²) < 4.78 is 41.6. The highest BCUT2D eigenvalue weighted by Gasteiger charge is 2.37. The number of aryl methyl sites for hydroxylation is 1. The molecule has 3 aromatic heterocycles. The van der Waals surface area contributed by atoms with Crippen LogP contribution < -0.4 is 27.0 Å². The molecule has 0 saturated heterocycles. The number of carbonyl (C=O) groups excluding carboxylic acids is 2. The third-order valence-corrected chi connectivity index (χ3v) is 5.73. The van der Waals surface area contributed by atoms with Crippen molar-refractivity contribution in [2.45, 2.75) is 19.5 Å². The summed E-state index contributed by atoms with van der Waals surface area (Å²) in [5.74, 6) is 0.0281. The van der Waals surface area contributed by atoms with Crippen LogP contribution in [0.3, 0.4) is 0 Å². The summed E-state index contributed by atoms with van der Waals surface area (Å²) in [6.45, 7) is 2.82. The van der Waals surface area contributed by atoms with Crippen molar-refractivity contribution in [3.05, 3.63) is 59.8 Å². The van der Waals surface area contributed by atoms with Gasteiger partial charge in [0.05, 0.1) is 17.5 Å². The lowest BCUT2D eigenvalue weighted by atomic mass is 10.0. The van der Waals surface area contributed by atoms with Crippen LogP contribution in [-0.4, -0.2) is 74.3 Å². The van der Waals surface area contributed by atoms with Gasteiger partial charge in [-0.1, -0.05) is 6.92 Å². The lowest BCUT2D eigenvalue weighted by molar-refractivity contribution is -0.140. The lowest BCUT2D eigenvalue weighted by Gasteiger charge is -2.13. The molecule has 3 amide bonds. The van der Waals surface area contributed by atoms with Crippen LogP contribution in [-0.2, 0) is 17.4 Å². The zero-order valence-electron chi connectivity index (χ0n) is 22.3. The van der Waals surface area contributed by atoms with E-state index in [1.165, 1.54) is 29.2 Å². The first-order valence-corrected chi connectivity index (χ1v) is 12.6. The molecule has 0 unspecified atom stereocenters. The first-order valence-electron chi connectivity index (χ1n) is 12.6. The largest absolute Gasteiger partial charge is 0.483 e. The number of hydrogen-bond donors (Lipinski definition) is 7. The molecule has 3 heterocycles. The van der Waals surface area contributed by atoms with Gasteiger partial charge in [0.1, 0.15) is 0 Å². The molecule has 0 aliphatic heterocycles.